The third kappa shape index (κ3) is 4.50. The van der Waals surface area contributed by atoms with E-state index in [0.29, 0.717) is 36.9 Å². The molecule has 0 aromatic heterocycles. The van der Waals surface area contributed by atoms with Crippen LogP contribution < -0.4 is 4.72 Å². The molecule has 2 saturated heterocycles. The zero-order valence-corrected chi connectivity index (χ0v) is 15.5. The van der Waals surface area contributed by atoms with E-state index in [1.54, 1.807) is 12.1 Å². The smallest absolute Gasteiger partial charge is 0.279 e. The Bertz CT molecular complexity index is 672. The summed E-state index contributed by atoms with van der Waals surface area (Å²) in [5.41, 5.74) is 0.357. The van der Waals surface area contributed by atoms with Crippen LogP contribution in [0.25, 0.3) is 0 Å². The standard InChI is InChI=1S/C16H23ClFN3O3S/c17-13-4-3-5-14(18)16(13)15(20-6-1-2-7-20)12-19-25(22,23)21-8-10-24-11-9-21/h3-5,15,19H,1-2,6-12H2/t15-/m0/s1. The maximum Gasteiger partial charge on any atom is 0.279 e. The molecule has 2 aliphatic heterocycles. The van der Waals surface area contributed by atoms with E-state index >= 15 is 0 Å². The summed E-state index contributed by atoms with van der Waals surface area (Å²) in [6, 6.07) is 4.13. The second-order valence-corrected chi connectivity index (χ2v) is 8.42. The van der Waals surface area contributed by atoms with Crippen molar-refractivity contribution >= 4 is 21.8 Å². The average molecular weight is 392 g/mol. The lowest BCUT2D eigenvalue weighted by Gasteiger charge is -2.31. The summed E-state index contributed by atoms with van der Waals surface area (Å²) in [5, 5.41) is 0.322. The van der Waals surface area contributed by atoms with Crippen LogP contribution in [0.5, 0.6) is 0 Å². The summed E-state index contributed by atoms with van der Waals surface area (Å²) in [7, 11) is -3.63. The minimum Gasteiger partial charge on any atom is -0.379 e. The molecular formula is C16H23ClFN3O3S. The first kappa shape index (κ1) is 19.0. The summed E-state index contributed by atoms with van der Waals surface area (Å²) >= 11 is 6.23. The number of morpholine rings is 1. The fourth-order valence-corrected chi connectivity index (χ4v) is 4.83. The minimum absolute atomic E-state index is 0.0837. The van der Waals surface area contributed by atoms with Gasteiger partial charge < -0.3 is 4.74 Å². The molecule has 6 nitrogen and oxygen atoms in total. The van der Waals surface area contributed by atoms with Crippen molar-refractivity contribution in [2.75, 3.05) is 45.9 Å². The number of likely N-dealkylation sites (tertiary alicyclic amines) is 1. The van der Waals surface area contributed by atoms with Crippen molar-refractivity contribution in [3.05, 3.63) is 34.6 Å². The Morgan fingerprint density at radius 1 is 1.20 bits per heavy atom. The van der Waals surface area contributed by atoms with Crippen LogP contribution in [0.2, 0.25) is 5.02 Å². The van der Waals surface area contributed by atoms with Crippen LogP contribution in [0.1, 0.15) is 24.4 Å². The average Bonchev–Trinajstić information content (AvgIpc) is 3.12. The Labute approximate surface area is 153 Å². The van der Waals surface area contributed by atoms with E-state index in [1.165, 1.54) is 10.4 Å². The summed E-state index contributed by atoms with van der Waals surface area (Å²) < 4.78 is 48.6. The molecule has 0 unspecified atom stereocenters. The molecule has 1 N–H and O–H groups in total. The van der Waals surface area contributed by atoms with Gasteiger partial charge in [-0.3, -0.25) is 4.90 Å². The molecule has 0 bridgehead atoms. The molecule has 0 radical (unpaired) electrons. The number of nitrogens with one attached hydrogen (secondary N) is 1. The number of halogens is 2. The van der Waals surface area contributed by atoms with Gasteiger partial charge in [0, 0.05) is 30.2 Å². The maximum atomic E-state index is 14.4. The Morgan fingerprint density at radius 3 is 2.52 bits per heavy atom. The van der Waals surface area contributed by atoms with Gasteiger partial charge >= 0.3 is 0 Å². The highest BCUT2D eigenvalue weighted by Gasteiger charge is 2.31. The molecule has 140 valence electrons. The molecule has 1 atom stereocenters. The van der Waals surface area contributed by atoms with Crippen molar-refractivity contribution in [3.8, 4) is 0 Å². The van der Waals surface area contributed by atoms with Gasteiger partial charge in [-0.25, -0.2) is 9.11 Å². The van der Waals surface area contributed by atoms with Gasteiger partial charge in [0.1, 0.15) is 5.82 Å². The summed E-state index contributed by atoms with van der Waals surface area (Å²) in [6.45, 7) is 3.10. The van der Waals surface area contributed by atoms with E-state index in [1.807, 2.05) is 0 Å². The lowest BCUT2D eigenvalue weighted by atomic mass is 10.0. The van der Waals surface area contributed by atoms with Crippen molar-refractivity contribution in [2.24, 2.45) is 0 Å². The van der Waals surface area contributed by atoms with Gasteiger partial charge in [-0.15, -0.1) is 0 Å². The van der Waals surface area contributed by atoms with Crippen LogP contribution in [-0.4, -0.2) is 63.6 Å². The largest absolute Gasteiger partial charge is 0.379 e. The van der Waals surface area contributed by atoms with Gasteiger partial charge in [0.05, 0.1) is 19.3 Å². The number of hydrogen-bond acceptors (Lipinski definition) is 4. The predicted molar refractivity (Wildman–Crippen MR) is 94.3 cm³/mol. The summed E-state index contributed by atoms with van der Waals surface area (Å²) in [4.78, 5) is 2.09. The molecule has 25 heavy (non-hydrogen) atoms. The Kier molecular flexibility index (Phi) is 6.30. The molecule has 2 aliphatic rings. The molecule has 1 aromatic rings. The Hall–Kier alpha value is -0.770. The second-order valence-electron chi connectivity index (χ2n) is 6.26. The second kappa shape index (κ2) is 8.28. The van der Waals surface area contributed by atoms with E-state index < -0.39 is 22.1 Å². The molecule has 1 aromatic carbocycles. The van der Waals surface area contributed by atoms with Crippen LogP contribution in [0.3, 0.4) is 0 Å². The Balaban J connectivity index is 1.78. The first-order valence-corrected chi connectivity index (χ1v) is 10.3. The zero-order valence-electron chi connectivity index (χ0n) is 14.0. The SMILES string of the molecule is O=S(=O)(NC[C@@H](c1c(F)cccc1Cl)N1CCCC1)N1CCOCC1. The molecule has 0 spiro atoms. The van der Waals surface area contributed by atoms with Crippen molar-refractivity contribution in [2.45, 2.75) is 18.9 Å². The van der Waals surface area contributed by atoms with Gasteiger partial charge in [0.15, 0.2) is 0 Å². The Morgan fingerprint density at radius 2 is 1.88 bits per heavy atom. The molecular weight excluding hydrogens is 369 g/mol. The van der Waals surface area contributed by atoms with Crippen molar-refractivity contribution in [1.82, 2.24) is 13.9 Å². The van der Waals surface area contributed by atoms with E-state index in [-0.39, 0.29) is 6.54 Å². The first-order chi connectivity index (χ1) is 12.0. The highest BCUT2D eigenvalue weighted by Crippen LogP contribution is 2.32. The van der Waals surface area contributed by atoms with Gasteiger partial charge in [0.25, 0.3) is 10.2 Å². The third-order valence-corrected chi connectivity index (χ3v) is 6.59. The fraction of sp³-hybridized carbons (Fsp3) is 0.625. The van der Waals surface area contributed by atoms with Crippen molar-refractivity contribution < 1.29 is 17.5 Å². The molecule has 3 rings (SSSR count). The lowest BCUT2D eigenvalue weighted by molar-refractivity contribution is 0.0723. The van der Waals surface area contributed by atoms with Crippen molar-refractivity contribution in [1.29, 1.82) is 0 Å². The van der Waals surface area contributed by atoms with Crippen LogP contribution in [-0.2, 0) is 14.9 Å². The molecule has 0 aliphatic carbocycles. The van der Waals surface area contributed by atoms with Crippen LogP contribution in [0.4, 0.5) is 4.39 Å². The monoisotopic (exact) mass is 391 g/mol. The number of ether oxygens (including phenoxy) is 1. The van der Waals surface area contributed by atoms with E-state index in [4.69, 9.17) is 16.3 Å². The first-order valence-electron chi connectivity index (χ1n) is 8.49. The zero-order chi connectivity index (χ0) is 17.9. The van der Waals surface area contributed by atoms with Crippen LogP contribution in [0, 0.1) is 5.82 Å². The fourth-order valence-electron chi connectivity index (χ4n) is 3.36. The molecule has 9 heteroatoms. The normalized spacial score (nSPS) is 21.5. The highest BCUT2D eigenvalue weighted by molar-refractivity contribution is 7.87. The number of rotatable bonds is 6. The van der Waals surface area contributed by atoms with Gasteiger partial charge in [-0.2, -0.15) is 12.7 Å². The summed E-state index contributed by atoms with van der Waals surface area (Å²) in [5.74, 6) is -0.407. The van der Waals surface area contributed by atoms with E-state index in [2.05, 4.69) is 9.62 Å². The van der Waals surface area contributed by atoms with Gasteiger partial charge in [0.2, 0.25) is 0 Å². The van der Waals surface area contributed by atoms with E-state index in [9.17, 15) is 12.8 Å². The maximum absolute atomic E-state index is 14.4. The van der Waals surface area contributed by atoms with Gasteiger partial charge in [-0.05, 0) is 38.1 Å². The number of benzene rings is 1. The highest BCUT2D eigenvalue weighted by atomic mass is 35.5. The lowest BCUT2D eigenvalue weighted by Crippen LogP contribution is -2.48. The summed E-state index contributed by atoms with van der Waals surface area (Å²) in [6.07, 6.45) is 2.03. The van der Waals surface area contributed by atoms with E-state index in [0.717, 1.165) is 25.9 Å². The quantitative estimate of drug-likeness (QED) is 0.803. The molecule has 0 saturated carbocycles. The van der Waals surface area contributed by atoms with Crippen LogP contribution >= 0.6 is 11.6 Å². The topological polar surface area (TPSA) is 61.9 Å². The van der Waals surface area contributed by atoms with Gasteiger partial charge in [-0.1, -0.05) is 17.7 Å². The predicted octanol–water partition coefficient (Wildman–Crippen LogP) is 1.78. The third-order valence-electron chi connectivity index (χ3n) is 4.68. The molecule has 0 amide bonds. The van der Waals surface area contributed by atoms with Crippen molar-refractivity contribution in [3.63, 3.8) is 0 Å². The minimum atomic E-state index is -3.63. The molecule has 2 heterocycles. The number of hydrogen-bond donors (Lipinski definition) is 1. The molecule has 2 fully saturated rings. The number of nitrogens with zero attached hydrogens (tertiary/aromatic N) is 2. The van der Waals surface area contributed by atoms with Crippen LogP contribution in [0.15, 0.2) is 18.2 Å².